The lowest BCUT2D eigenvalue weighted by Gasteiger charge is -2.03. The largest absolute Gasteiger partial charge is 0.466 e. The molecule has 0 amide bonds. The molecule has 0 N–H and O–H groups in total. The van der Waals surface area contributed by atoms with Crippen LogP contribution in [0.15, 0.2) is 15.3 Å². The Morgan fingerprint density at radius 3 is 2.50 bits per heavy atom. The third kappa shape index (κ3) is 1.58. The monoisotopic (exact) mass is 166 g/mol. The second-order valence-corrected chi connectivity index (χ2v) is 2.83. The van der Waals surface area contributed by atoms with Crippen LogP contribution >= 0.6 is 0 Å². The number of rotatable bonds is 2. The Bertz CT molecular complexity index is 323. The minimum absolute atomic E-state index is 0.0925. The van der Waals surface area contributed by atoms with Crippen molar-refractivity contribution >= 4 is 0 Å². The normalized spacial score (nSPS) is 10.2. The first kappa shape index (κ1) is 9.04. The van der Waals surface area contributed by atoms with E-state index in [1.165, 1.54) is 0 Å². The van der Waals surface area contributed by atoms with Crippen LogP contribution in [0.4, 0.5) is 0 Å². The molecule has 66 valence electrons. The van der Waals surface area contributed by atoms with Gasteiger partial charge >= 0.3 is 0 Å². The molecular formula is C10H14O2. The van der Waals surface area contributed by atoms with Gasteiger partial charge in [-0.25, -0.2) is 0 Å². The smallest absolute Gasteiger partial charge is 0.188 e. The summed E-state index contributed by atoms with van der Waals surface area (Å²) in [5.74, 6) is 1.60. The summed E-state index contributed by atoms with van der Waals surface area (Å²) in [7, 11) is 0. The van der Waals surface area contributed by atoms with Gasteiger partial charge in [-0.3, -0.25) is 4.79 Å². The molecule has 0 radical (unpaired) electrons. The van der Waals surface area contributed by atoms with E-state index in [0.717, 1.165) is 29.9 Å². The van der Waals surface area contributed by atoms with E-state index in [1.807, 2.05) is 20.8 Å². The van der Waals surface area contributed by atoms with Crippen LogP contribution in [0.1, 0.15) is 30.9 Å². The summed E-state index contributed by atoms with van der Waals surface area (Å²) in [6.07, 6.45) is 1.57. The zero-order chi connectivity index (χ0) is 9.14. The minimum Gasteiger partial charge on any atom is -0.466 e. The zero-order valence-corrected chi connectivity index (χ0v) is 7.81. The van der Waals surface area contributed by atoms with Crippen LogP contribution in [0.2, 0.25) is 0 Å². The molecule has 0 bridgehead atoms. The fourth-order valence-corrected chi connectivity index (χ4v) is 1.17. The van der Waals surface area contributed by atoms with Crippen LogP contribution in [0.25, 0.3) is 0 Å². The van der Waals surface area contributed by atoms with Crippen molar-refractivity contribution in [1.29, 1.82) is 0 Å². The lowest BCUT2D eigenvalue weighted by molar-refractivity contribution is 0.449. The molecule has 0 aliphatic rings. The molecule has 12 heavy (non-hydrogen) atoms. The molecular weight excluding hydrogens is 152 g/mol. The predicted octanol–water partition coefficient (Wildman–Crippen LogP) is 2.07. The van der Waals surface area contributed by atoms with E-state index in [4.69, 9.17) is 4.42 Å². The third-order valence-electron chi connectivity index (χ3n) is 2.00. The number of hydrogen-bond donors (Lipinski definition) is 0. The van der Waals surface area contributed by atoms with E-state index in [-0.39, 0.29) is 5.43 Å². The quantitative estimate of drug-likeness (QED) is 0.673. The van der Waals surface area contributed by atoms with E-state index in [0.29, 0.717) is 0 Å². The maximum atomic E-state index is 11.3. The molecule has 2 heteroatoms. The van der Waals surface area contributed by atoms with Crippen molar-refractivity contribution in [2.45, 2.75) is 33.6 Å². The molecule has 2 nitrogen and oxygen atoms in total. The Balaban J connectivity index is 3.29. The molecule has 0 saturated carbocycles. The number of hydrogen-bond acceptors (Lipinski definition) is 2. The van der Waals surface area contributed by atoms with Crippen molar-refractivity contribution in [1.82, 2.24) is 0 Å². The maximum absolute atomic E-state index is 11.3. The van der Waals surface area contributed by atoms with Gasteiger partial charge in [-0.15, -0.1) is 0 Å². The van der Waals surface area contributed by atoms with E-state index in [2.05, 4.69) is 0 Å². The summed E-state index contributed by atoms with van der Waals surface area (Å²) in [6.45, 7) is 5.78. The third-order valence-corrected chi connectivity index (χ3v) is 2.00. The van der Waals surface area contributed by atoms with Gasteiger partial charge in [0.1, 0.15) is 11.5 Å². The lowest BCUT2D eigenvalue weighted by atomic mass is 10.2. The van der Waals surface area contributed by atoms with Crippen molar-refractivity contribution in [2.24, 2.45) is 0 Å². The summed E-state index contributed by atoms with van der Waals surface area (Å²) < 4.78 is 5.49. The van der Waals surface area contributed by atoms with Gasteiger partial charge < -0.3 is 4.42 Å². The van der Waals surface area contributed by atoms with Gasteiger partial charge in [-0.05, 0) is 6.92 Å². The molecule has 0 atom stereocenters. The minimum atomic E-state index is 0.0925. The van der Waals surface area contributed by atoms with Gasteiger partial charge in [0, 0.05) is 24.5 Å². The fraction of sp³-hybridized carbons (Fsp3) is 0.500. The first-order valence-corrected chi connectivity index (χ1v) is 4.31. The van der Waals surface area contributed by atoms with E-state index in [1.54, 1.807) is 6.07 Å². The highest BCUT2D eigenvalue weighted by molar-refractivity contribution is 5.17. The lowest BCUT2D eigenvalue weighted by Crippen LogP contribution is -2.08. The summed E-state index contributed by atoms with van der Waals surface area (Å²) >= 11 is 0. The molecule has 0 aliphatic heterocycles. The van der Waals surface area contributed by atoms with Crippen molar-refractivity contribution < 1.29 is 4.42 Å². The SMILES string of the molecule is CCc1cc(=O)c(C)c(CC)o1. The highest BCUT2D eigenvalue weighted by Crippen LogP contribution is 2.07. The Labute approximate surface area is 72.2 Å². The Morgan fingerprint density at radius 1 is 1.33 bits per heavy atom. The van der Waals surface area contributed by atoms with E-state index in [9.17, 15) is 4.79 Å². The zero-order valence-electron chi connectivity index (χ0n) is 7.81. The van der Waals surface area contributed by atoms with E-state index >= 15 is 0 Å². The average molecular weight is 166 g/mol. The molecule has 1 aromatic rings. The molecule has 1 aromatic heterocycles. The molecule has 0 aromatic carbocycles. The highest BCUT2D eigenvalue weighted by atomic mass is 16.3. The van der Waals surface area contributed by atoms with Crippen LogP contribution in [0, 0.1) is 6.92 Å². The van der Waals surface area contributed by atoms with Crippen molar-refractivity contribution in [3.63, 3.8) is 0 Å². The first-order chi connectivity index (χ1) is 5.69. The molecule has 0 aliphatic carbocycles. The van der Waals surface area contributed by atoms with Gasteiger partial charge in [0.15, 0.2) is 5.43 Å². The van der Waals surface area contributed by atoms with Gasteiger partial charge in [-0.2, -0.15) is 0 Å². The van der Waals surface area contributed by atoms with Gasteiger partial charge in [0.25, 0.3) is 0 Å². The van der Waals surface area contributed by atoms with Crippen LogP contribution in [0.3, 0.4) is 0 Å². The van der Waals surface area contributed by atoms with Crippen molar-refractivity contribution in [3.8, 4) is 0 Å². The second-order valence-electron chi connectivity index (χ2n) is 2.83. The summed E-state index contributed by atoms with van der Waals surface area (Å²) in [5, 5.41) is 0. The molecule has 0 unspecified atom stereocenters. The molecule has 0 spiro atoms. The van der Waals surface area contributed by atoms with Crippen LogP contribution in [-0.2, 0) is 12.8 Å². The van der Waals surface area contributed by atoms with Gasteiger partial charge in [0.05, 0.1) is 0 Å². The molecule has 1 rings (SSSR count). The highest BCUT2D eigenvalue weighted by Gasteiger charge is 2.04. The van der Waals surface area contributed by atoms with Crippen molar-refractivity contribution in [2.75, 3.05) is 0 Å². The molecule has 0 saturated heterocycles. The van der Waals surface area contributed by atoms with Gasteiger partial charge in [-0.1, -0.05) is 13.8 Å². The number of aryl methyl sites for hydroxylation is 2. The molecule has 1 heterocycles. The Kier molecular flexibility index (Phi) is 2.69. The first-order valence-electron chi connectivity index (χ1n) is 4.31. The summed E-state index contributed by atoms with van der Waals surface area (Å²) in [4.78, 5) is 11.3. The predicted molar refractivity (Wildman–Crippen MR) is 48.5 cm³/mol. The Hall–Kier alpha value is -1.05. The maximum Gasteiger partial charge on any atom is 0.188 e. The summed E-state index contributed by atoms with van der Waals surface area (Å²) in [5.41, 5.74) is 0.838. The second kappa shape index (κ2) is 3.57. The van der Waals surface area contributed by atoms with Gasteiger partial charge in [0.2, 0.25) is 0 Å². The standard InChI is InChI=1S/C10H14O2/c1-4-8-6-9(11)7(3)10(5-2)12-8/h6H,4-5H2,1-3H3. The topological polar surface area (TPSA) is 30.2 Å². The van der Waals surface area contributed by atoms with Crippen LogP contribution in [0.5, 0.6) is 0 Å². The van der Waals surface area contributed by atoms with Crippen LogP contribution < -0.4 is 5.43 Å². The average Bonchev–Trinajstić information content (AvgIpc) is 2.09. The van der Waals surface area contributed by atoms with E-state index < -0.39 is 0 Å². The Morgan fingerprint density at radius 2 is 2.00 bits per heavy atom. The molecule has 0 fully saturated rings. The van der Waals surface area contributed by atoms with Crippen LogP contribution in [-0.4, -0.2) is 0 Å². The van der Waals surface area contributed by atoms with Crippen molar-refractivity contribution in [3.05, 3.63) is 33.4 Å². The fourth-order valence-electron chi connectivity index (χ4n) is 1.17. The summed E-state index contributed by atoms with van der Waals surface area (Å²) in [6, 6.07) is 1.58.